The minimum atomic E-state index is 0.0991. The summed E-state index contributed by atoms with van der Waals surface area (Å²) in [4.78, 5) is 11.5. The molecule has 0 radical (unpaired) electrons. The van der Waals surface area contributed by atoms with Crippen molar-refractivity contribution in [3.63, 3.8) is 0 Å². The third-order valence-corrected chi connectivity index (χ3v) is 4.52. The van der Waals surface area contributed by atoms with Gasteiger partial charge in [-0.05, 0) is 61.7 Å². The summed E-state index contributed by atoms with van der Waals surface area (Å²) >= 11 is 0. The first kappa shape index (κ1) is 16.5. The first-order chi connectivity index (χ1) is 11.7. The molecular weight excluding hydrogens is 298 g/mol. The van der Waals surface area contributed by atoms with Crippen LogP contribution in [0.1, 0.15) is 41.3 Å². The summed E-state index contributed by atoms with van der Waals surface area (Å²) in [7, 11) is 1.68. The van der Waals surface area contributed by atoms with Crippen molar-refractivity contribution in [2.45, 2.75) is 19.8 Å². The Balaban J connectivity index is 2.06. The Kier molecular flexibility index (Phi) is 5.11. The molecule has 1 aliphatic heterocycles. The SMILES string of the molecule is COc1ccc(C(=C2CCNCC2)c2ccc(C(C)=O)cc2)cc1. The first-order valence-corrected chi connectivity index (χ1v) is 8.37. The number of hydrogen-bond acceptors (Lipinski definition) is 3. The highest BCUT2D eigenvalue weighted by molar-refractivity contribution is 5.94. The maximum atomic E-state index is 11.5. The van der Waals surface area contributed by atoms with Gasteiger partial charge in [0.2, 0.25) is 0 Å². The van der Waals surface area contributed by atoms with E-state index in [4.69, 9.17) is 4.74 Å². The number of piperidine rings is 1. The van der Waals surface area contributed by atoms with Crippen molar-refractivity contribution in [3.05, 3.63) is 70.8 Å². The number of benzene rings is 2. The number of methoxy groups -OCH3 is 1. The molecule has 1 heterocycles. The van der Waals surface area contributed by atoms with Crippen molar-refractivity contribution in [1.82, 2.24) is 5.32 Å². The highest BCUT2D eigenvalue weighted by atomic mass is 16.5. The van der Waals surface area contributed by atoms with Crippen molar-refractivity contribution < 1.29 is 9.53 Å². The third-order valence-electron chi connectivity index (χ3n) is 4.52. The van der Waals surface area contributed by atoms with Crippen LogP contribution in [0.2, 0.25) is 0 Å². The van der Waals surface area contributed by atoms with Crippen LogP contribution < -0.4 is 10.1 Å². The van der Waals surface area contributed by atoms with Crippen molar-refractivity contribution in [3.8, 4) is 5.75 Å². The zero-order valence-corrected chi connectivity index (χ0v) is 14.3. The van der Waals surface area contributed by atoms with E-state index < -0.39 is 0 Å². The van der Waals surface area contributed by atoms with Crippen molar-refractivity contribution in [2.75, 3.05) is 20.2 Å². The number of ketones is 1. The lowest BCUT2D eigenvalue weighted by Crippen LogP contribution is -2.23. The van der Waals surface area contributed by atoms with E-state index in [0.717, 1.165) is 37.2 Å². The summed E-state index contributed by atoms with van der Waals surface area (Å²) in [6.45, 7) is 3.63. The second kappa shape index (κ2) is 7.45. The molecule has 0 spiro atoms. The molecule has 0 aromatic heterocycles. The lowest BCUT2D eigenvalue weighted by Gasteiger charge is -2.21. The molecule has 3 rings (SSSR count). The van der Waals surface area contributed by atoms with Crippen LogP contribution in [0.3, 0.4) is 0 Å². The van der Waals surface area contributed by atoms with Gasteiger partial charge in [0.05, 0.1) is 7.11 Å². The lowest BCUT2D eigenvalue weighted by molar-refractivity contribution is 0.101. The molecule has 124 valence electrons. The summed E-state index contributed by atoms with van der Waals surface area (Å²) < 4.78 is 5.28. The molecule has 0 saturated carbocycles. The monoisotopic (exact) mass is 321 g/mol. The van der Waals surface area contributed by atoms with Gasteiger partial charge in [-0.15, -0.1) is 0 Å². The first-order valence-electron chi connectivity index (χ1n) is 8.37. The fraction of sp³-hybridized carbons (Fsp3) is 0.286. The molecule has 0 amide bonds. The normalized spacial score (nSPS) is 14.3. The van der Waals surface area contributed by atoms with E-state index in [0.29, 0.717) is 0 Å². The number of ether oxygens (including phenoxy) is 1. The Morgan fingerprint density at radius 3 is 1.88 bits per heavy atom. The summed E-state index contributed by atoms with van der Waals surface area (Å²) in [5.41, 5.74) is 5.87. The Bertz CT molecular complexity index is 734. The average molecular weight is 321 g/mol. The van der Waals surface area contributed by atoms with Gasteiger partial charge in [0, 0.05) is 5.56 Å². The fourth-order valence-electron chi connectivity index (χ4n) is 3.18. The topological polar surface area (TPSA) is 38.3 Å². The second-order valence-corrected chi connectivity index (χ2v) is 6.09. The van der Waals surface area contributed by atoms with Crippen LogP contribution in [0.15, 0.2) is 54.1 Å². The van der Waals surface area contributed by atoms with Crippen LogP contribution in [0.25, 0.3) is 5.57 Å². The molecule has 1 saturated heterocycles. The molecule has 2 aromatic carbocycles. The van der Waals surface area contributed by atoms with Crippen LogP contribution in [-0.4, -0.2) is 26.0 Å². The molecular formula is C21H23NO2. The van der Waals surface area contributed by atoms with Gasteiger partial charge in [-0.1, -0.05) is 42.0 Å². The summed E-state index contributed by atoms with van der Waals surface area (Å²) in [5, 5.41) is 3.42. The molecule has 3 nitrogen and oxygen atoms in total. The van der Waals surface area contributed by atoms with Crippen molar-refractivity contribution >= 4 is 11.4 Å². The van der Waals surface area contributed by atoms with Crippen molar-refractivity contribution in [2.24, 2.45) is 0 Å². The molecule has 2 aromatic rings. The van der Waals surface area contributed by atoms with E-state index in [1.165, 1.54) is 22.3 Å². The number of nitrogens with one attached hydrogen (secondary N) is 1. The predicted molar refractivity (Wildman–Crippen MR) is 97.6 cm³/mol. The molecule has 3 heteroatoms. The smallest absolute Gasteiger partial charge is 0.159 e. The van der Waals surface area contributed by atoms with Gasteiger partial charge < -0.3 is 10.1 Å². The van der Waals surface area contributed by atoms with Crippen LogP contribution in [0, 0.1) is 0 Å². The van der Waals surface area contributed by atoms with Crippen molar-refractivity contribution in [1.29, 1.82) is 0 Å². The maximum Gasteiger partial charge on any atom is 0.159 e. The highest BCUT2D eigenvalue weighted by Gasteiger charge is 2.15. The molecule has 1 aliphatic rings. The lowest BCUT2D eigenvalue weighted by atomic mass is 9.88. The largest absolute Gasteiger partial charge is 0.497 e. The Labute approximate surface area is 143 Å². The molecule has 24 heavy (non-hydrogen) atoms. The Morgan fingerprint density at radius 2 is 1.38 bits per heavy atom. The van der Waals surface area contributed by atoms with Crippen LogP contribution in [-0.2, 0) is 0 Å². The van der Waals surface area contributed by atoms with Crippen LogP contribution in [0.4, 0.5) is 0 Å². The highest BCUT2D eigenvalue weighted by Crippen LogP contribution is 2.32. The number of rotatable bonds is 4. The zero-order valence-electron chi connectivity index (χ0n) is 14.3. The van der Waals surface area contributed by atoms with E-state index in [-0.39, 0.29) is 5.78 Å². The van der Waals surface area contributed by atoms with Gasteiger partial charge in [-0.3, -0.25) is 4.79 Å². The van der Waals surface area contributed by atoms with E-state index >= 15 is 0 Å². The third kappa shape index (κ3) is 3.57. The Hall–Kier alpha value is -2.39. The minimum absolute atomic E-state index is 0.0991. The number of carbonyl (C=O) groups is 1. The van der Waals surface area contributed by atoms with E-state index in [9.17, 15) is 4.79 Å². The fourth-order valence-corrected chi connectivity index (χ4v) is 3.18. The summed E-state index contributed by atoms with van der Waals surface area (Å²) in [5.74, 6) is 0.961. The molecule has 0 atom stereocenters. The molecule has 0 aliphatic carbocycles. The van der Waals surface area contributed by atoms with Gasteiger partial charge >= 0.3 is 0 Å². The quantitative estimate of drug-likeness (QED) is 0.862. The molecule has 0 bridgehead atoms. The van der Waals surface area contributed by atoms with Gasteiger partial charge in [0.15, 0.2) is 5.78 Å². The zero-order chi connectivity index (χ0) is 16.9. The molecule has 0 unspecified atom stereocenters. The van der Waals surface area contributed by atoms with Gasteiger partial charge in [0.25, 0.3) is 0 Å². The average Bonchev–Trinajstić information content (AvgIpc) is 2.64. The predicted octanol–water partition coefficient (Wildman–Crippen LogP) is 4.08. The number of hydrogen-bond donors (Lipinski definition) is 1. The van der Waals surface area contributed by atoms with E-state index in [2.05, 4.69) is 29.6 Å². The van der Waals surface area contributed by atoms with Gasteiger partial charge in [0.1, 0.15) is 5.75 Å². The van der Waals surface area contributed by atoms with E-state index in [1.807, 2.05) is 24.3 Å². The second-order valence-electron chi connectivity index (χ2n) is 6.09. The number of Topliss-reactive ketones (excluding diaryl/α,β-unsaturated/α-hetero) is 1. The number of carbonyl (C=O) groups excluding carboxylic acids is 1. The minimum Gasteiger partial charge on any atom is -0.497 e. The Morgan fingerprint density at radius 1 is 0.875 bits per heavy atom. The van der Waals surface area contributed by atoms with Gasteiger partial charge in [-0.25, -0.2) is 0 Å². The van der Waals surface area contributed by atoms with Crippen LogP contribution in [0.5, 0.6) is 5.75 Å². The standard InChI is InChI=1S/C21H23NO2/c1-15(23)16-3-5-17(6-4-16)21(19-11-13-22-14-12-19)18-7-9-20(24-2)10-8-18/h3-10,22H,11-14H2,1-2H3. The molecule has 1 N–H and O–H groups in total. The van der Waals surface area contributed by atoms with Crippen LogP contribution >= 0.6 is 0 Å². The van der Waals surface area contributed by atoms with Gasteiger partial charge in [-0.2, -0.15) is 0 Å². The summed E-state index contributed by atoms with van der Waals surface area (Å²) in [6.07, 6.45) is 2.10. The van der Waals surface area contributed by atoms with E-state index in [1.54, 1.807) is 14.0 Å². The summed E-state index contributed by atoms with van der Waals surface area (Å²) in [6, 6.07) is 16.2. The maximum absolute atomic E-state index is 11.5. The molecule has 1 fully saturated rings.